The van der Waals surface area contributed by atoms with Gasteiger partial charge in [0.25, 0.3) is 0 Å². The van der Waals surface area contributed by atoms with Gasteiger partial charge in [0.1, 0.15) is 5.69 Å². The maximum absolute atomic E-state index is 14.6. The molecule has 6 nitrogen and oxygen atoms in total. The zero-order valence-corrected chi connectivity index (χ0v) is 13.6. The lowest BCUT2D eigenvalue weighted by molar-refractivity contribution is 0.398. The molecule has 3 aromatic rings. The Balaban J connectivity index is 2.22. The summed E-state index contributed by atoms with van der Waals surface area (Å²) in [5.74, 6) is -0.356. The van der Waals surface area contributed by atoms with Crippen molar-refractivity contribution in [1.29, 1.82) is 5.26 Å². The lowest BCUT2D eigenvalue weighted by Gasteiger charge is -2.11. The van der Waals surface area contributed by atoms with Gasteiger partial charge in [-0.2, -0.15) is 5.26 Å². The van der Waals surface area contributed by atoms with Crippen LogP contribution >= 0.6 is 0 Å². The fraction of sp³-hybridized carbons (Fsp3) is 0.111. The molecule has 0 atom stereocenters. The van der Waals surface area contributed by atoms with E-state index in [1.54, 1.807) is 37.3 Å². The summed E-state index contributed by atoms with van der Waals surface area (Å²) in [5, 5.41) is 9.18. The number of ether oxygens (including phenoxy) is 1. The van der Waals surface area contributed by atoms with Crippen LogP contribution < -0.4 is 10.5 Å². The van der Waals surface area contributed by atoms with Crippen LogP contribution in [0, 0.1) is 24.1 Å². The second kappa shape index (κ2) is 6.53. The Bertz CT molecular complexity index is 997. The molecule has 0 bridgehead atoms. The Morgan fingerprint density at radius 1 is 1.24 bits per heavy atom. The quantitative estimate of drug-likeness (QED) is 0.790. The Morgan fingerprint density at radius 3 is 2.76 bits per heavy atom. The molecule has 0 amide bonds. The fourth-order valence-corrected chi connectivity index (χ4v) is 2.45. The van der Waals surface area contributed by atoms with Gasteiger partial charge in [0, 0.05) is 23.4 Å². The number of hydrogen-bond acceptors (Lipinski definition) is 6. The first kappa shape index (κ1) is 16.3. The van der Waals surface area contributed by atoms with Crippen molar-refractivity contribution in [3.63, 3.8) is 0 Å². The zero-order chi connectivity index (χ0) is 18.0. The summed E-state index contributed by atoms with van der Waals surface area (Å²) in [6.45, 7) is 1.74. The molecule has 7 heteroatoms. The molecule has 0 saturated carbocycles. The highest BCUT2D eigenvalue weighted by atomic mass is 19.1. The molecule has 0 unspecified atom stereocenters. The average Bonchev–Trinajstić information content (AvgIpc) is 2.64. The number of pyridine rings is 1. The predicted octanol–water partition coefficient (Wildman–Crippen LogP) is 3.12. The number of hydrogen-bond donors (Lipinski definition) is 1. The van der Waals surface area contributed by atoms with Crippen molar-refractivity contribution in [2.45, 2.75) is 6.92 Å². The monoisotopic (exact) mass is 335 g/mol. The molecule has 25 heavy (non-hydrogen) atoms. The van der Waals surface area contributed by atoms with Crippen molar-refractivity contribution in [3.05, 3.63) is 53.5 Å². The van der Waals surface area contributed by atoms with Crippen LogP contribution in [0.2, 0.25) is 0 Å². The Kier molecular flexibility index (Phi) is 4.27. The van der Waals surface area contributed by atoms with Crippen LogP contribution in [0.15, 0.2) is 36.5 Å². The van der Waals surface area contributed by atoms with E-state index in [1.165, 1.54) is 13.3 Å². The molecule has 1 aromatic carbocycles. The van der Waals surface area contributed by atoms with Gasteiger partial charge < -0.3 is 10.5 Å². The fourth-order valence-electron chi connectivity index (χ4n) is 2.45. The summed E-state index contributed by atoms with van der Waals surface area (Å²) < 4.78 is 19.7. The molecule has 0 fully saturated rings. The molecule has 3 rings (SSSR count). The Morgan fingerprint density at radius 2 is 2.04 bits per heavy atom. The summed E-state index contributed by atoms with van der Waals surface area (Å²) in [7, 11) is 1.49. The molecule has 0 aliphatic carbocycles. The van der Waals surface area contributed by atoms with Gasteiger partial charge in [0.15, 0.2) is 17.5 Å². The number of aromatic nitrogens is 3. The van der Waals surface area contributed by atoms with Crippen molar-refractivity contribution >= 4 is 5.82 Å². The minimum atomic E-state index is -0.719. The van der Waals surface area contributed by atoms with E-state index in [1.807, 2.05) is 0 Å². The number of nitrogens with zero attached hydrogens (tertiary/aromatic N) is 4. The molecule has 0 aliphatic rings. The van der Waals surface area contributed by atoms with E-state index in [2.05, 4.69) is 21.0 Å². The van der Waals surface area contributed by atoms with Crippen LogP contribution in [0.4, 0.5) is 10.2 Å². The van der Waals surface area contributed by atoms with Gasteiger partial charge >= 0.3 is 0 Å². The second-order valence-corrected chi connectivity index (χ2v) is 5.27. The van der Waals surface area contributed by atoms with Crippen molar-refractivity contribution in [3.8, 4) is 34.6 Å². The van der Waals surface area contributed by atoms with Gasteiger partial charge in [0.2, 0.25) is 5.88 Å². The van der Waals surface area contributed by atoms with E-state index in [9.17, 15) is 9.65 Å². The predicted molar refractivity (Wildman–Crippen MR) is 91.1 cm³/mol. The Labute approximate surface area is 143 Å². The lowest BCUT2D eigenvalue weighted by atomic mass is 10.00. The number of methoxy groups -OCH3 is 1. The van der Waals surface area contributed by atoms with E-state index in [4.69, 9.17) is 10.5 Å². The lowest BCUT2D eigenvalue weighted by Crippen LogP contribution is -2.04. The Hall–Kier alpha value is -3.53. The highest BCUT2D eigenvalue weighted by Gasteiger charge is 2.18. The highest BCUT2D eigenvalue weighted by Crippen LogP contribution is 2.30. The molecule has 0 radical (unpaired) electrons. The molecule has 124 valence electrons. The second-order valence-electron chi connectivity index (χ2n) is 5.27. The van der Waals surface area contributed by atoms with Gasteiger partial charge in [-0.05, 0) is 24.6 Å². The molecular weight excluding hydrogens is 321 g/mol. The third kappa shape index (κ3) is 2.97. The maximum atomic E-state index is 14.6. The first-order chi connectivity index (χ1) is 12.0. The topological polar surface area (TPSA) is 97.7 Å². The number of benzene rings is 1. The smallest absolute Gasteiger partial charge is 0.213 e. The summed E-state index contributed by atoms with van der Waals surface area (Å²) >= 11 is 0. The average molecular weight is 335 g/mol. The van der Waals surface area contributed by atoms with E-state index >= 15 is 0 Å². The number of nitriles is 1. The standard InChI is InChI=1S/C18H14FN5O/c1-10-12(9-20)4-3-5-13(10)16-15(19)17(21)24-18(23-16)11-6-7-22-14(8-11)25-2/h3-8H,1-2H3,(H2,21,23,24). The third-order valence-electron chi connectivity index (χ3n) is 3.79. The van der Waals surface area contributed by atoms with Crippen molar-refractivity contribution in [1.82, 2.24) is 15.0 Å². The van der Waals surface area contributed by atoms with Crippen LogP contribution in [-0.2, 0) is 0 Å². The van der Waals surface area contributed by atoms with Crippen molar-refractivity contribution < 1.29 is 9.13 Å². The van der Waals surface area contributed by atoms with E-state index in [-0.39, 0.29) is 17.3 Å². The van der Waals surface area contributed by atoms with Crippen LogP contribution in [0.5, 0.6) is 5.88 Å². The minimum Gasteiger partial charge on any atom is -0.481 e. The number of halogens is 1. The summed E-state index contributed by atoms with van der Waals surface area (Å²) in [6, 6.07) is 10.4. The molecule has 2 aromatic heterocycles. The molecule has 0 saturated heterocycles. The summed E-state index contributed by atoms with van der Waals surface area (Å²) in [4.78, 5) is 12.4. The van der Waals surface area contributed by atoms with Gasteiger partial charge in [-0.3, -0.25) is 0 Å². The van der Waals surface area contributed by atoms with Crippen LogP contribution in [-0.4, -0.2) is 22.1 Å². The van der Waals surface area contributed by atoms with Crippen molar-refractivity contribution in [2.75, 3.05) is 12.8 Å². The van der Waals surface area contributed by atoms with Gasteiger partial charge in [-0.25, -0.2) is 19.3 Å². The molecule has 0 spiro atoms. The molecule has 2 heterocycles. The highest BCUT2D eigenvalue weighted by molar-refractivity contribution is 5.72. The number of nitrogen functional groups attached to an aromatic ring is 1. The first-order valence-corrected chi connectivity index (χ1v) is 7.38. The zero-order valence-electron chi connectivity index (χ0n) is 13.6. The summed E-state index contributed by atoms with van der Waals surface area (Å²) in [5.41, 5.74) is 7.95. The van der Waals surface area contributed by atoms with Crippen LogP contribution in [0.25, 0.3) is 22.6 Å². The van der Waals surface area contributed by atoms with Gasteiger partial charge in [-0.15, -0.1) is 0 Å². The normalized spacial score (nSPS) is 10.3. The van der Waals surface area contributed by atoms with Gasteiger partial charge in [-0.1, -0.05) is 12.1 Å². The third-order valence-corrected chi connectivity index (χ3v) is 3.79. The number of anilines is 1. The minimum absolute atomic E-state index is 0.0490. The molecular formula is C18H14FN5O. The van der Waals surface area contributed by atoms with Crippen LogP contribution in [0.3, 0.4) is 0 Å². The van der Waals surface area contributed by atoms with Crippen molar-refractivity contribution in [2.24, 2.45) is 0 Å². The SMILES string of the molecule is COc1cc(-c2nc(N)c(F)c(-c3cccc(C#N)c3C)n2)ccn1. The largest absolute Gasteiger partial charge is 0.481 e. The number of nitrogens with two attached hydrogens (primary N) is 1. The van der Waals surface area contributed by atoms with Crippen LogP contribution in [0.1, 0.15) is 11.1 Å². The van der Waals surface area contributed by atoms with Gasteiger partial charge in [0.05, 0.1) is 18.7 Å². The molecule has 0 aliphatic heterocycles. The molecule has 2 N–H and O–H groups in total. The van der Waals surface area contributed by atoms with E-state index in [0.29, 0.717) is 28.1 Å². The maximum Gasteiger partial charge on any atom is 0.213 e. The first-order valence-electron chi connectivity index (χ1n) is 7.38. The number of rotatable bonds is 3. The summed E-state index contributed by atoms with van der Waals surface area (Å²) in [6.07, 6.45) is 1.54. The van der Waals surface area contributed by atoms with E-state index in [0.717, 1.165) is 0 Å². The van der Waals surface area contributed by atoms with E-state index < -0.39 is 5.82 Å².